The molecule has 0 aromatic rings. The first kappa shape index (κ1) is 18.5. The van der Waals surface area contributed by atoms with Crippen LogP contribution in [0.1, 0.15) is 66.2 Å². The minimum atomic E-state index is -0.429. The Morgan fingerprint density at radius 3 is 2.74 bits per heavy atom. The highest BCUT2D eigenvalue weighted by Crippen LogP contribution is 2.30. The molecule has 0 bridgehead atoms. The fraction of sp³-hybridized carbons (Fsp3) is 0.944. The van der Waals surface area contributed by atoms with E-state index in [0.717, 1.165) is 45.3 Å². The molecule has 3 N–H and O–H groups in total. The third-order valence-corrected chi connectivity index (χ3v) is 4.96. The molecule has 3 unspecified atom stereocenters. The van der Waals surface area contributed by atoms with Gasteiger partial charge in [0.2, 0.25) is 0 Å². The molecule has 1 aliphatic heterocycles. The zero-order valence-corrected chi connectivity index (χ0v) is 15.4. The molecule has 1 saturated carbocycles. The summed E-state index contributed by atoms with van der Waals surface area (Å²) in [6, 6.07) is 0.881. The number of likely N-dealkylation sites (tertiary alicyclic amines) is 1. The highest BCUT2D eigenvalue weighted by molar-refractivity contribution is 5.68. The second-order valence-electron chi connectivity index (χ2n) is 8.82. The summed E-state index contributed by atoms with van der Waals surface area (Å²) >= 11 is 0. The van der Waals surface area contributed by atoms with E-state index < -0.39 is 5.60 Å². The molecule has 0 aromatic carbocycles. The number of amides is 1. The molecule has 1 saturated heterocycles. The topological polar surface area (TPSA) is 67.6 Å². The van der Waals surface area contributed by atoms with E-state index in [1.54, 1.807) is 0 Å². The van der Waals surface area contributed by atoms with Crippen LogP contribution in [0.5, 0.6) is 0 Å². The van der Waals surface area contributed by atoms with Crippen LogP contribution in [-0.4, -0.2) is 48.3 Å². The monoisotopic (exact) mass is 325 g/mol. The van der Waals surface area contributed by atoms with Gasteiger partial charge >= 0.3 is 6.09 Å². The molecule has 5 heteroatoms. The largest absolute Gasteiger partial charge is 0.444 e. The molecular formula is C18H35N3O2. The summed E-state index contributed by atoms with van der Waals surface area (Å²) in [4.78, 5) is 14.2. The van der Waals surface area contributed by atoms with E-state index in [0.29, 0.717) is 12.1 Å². The van der Waals surface area contributed by atoms with Gasteiger partial charge in [-0.25, -0.2) is 4.79 Å². The van der Waals surface area contributed by atoms with Gasteiger partial charge in [-0.15, -0.1) is 0 Å². The summed E-state index contributed by atoms with van der Waals surface area (Å²) in [6.45, 7) is 10.6. The molecule has 0 spiro atoms. The molecule has 134 valence electrons. The summed E-state index contributed by atoms with van der Waals surface area (Å²) in [5, 5.41) is 3.71. The van der Waals surface area contributed by atoms with Crippen LogP contribution in [0, 0.1) is 5.41 Å². The van der Waals surface area contributed by atoms with Crippen molar-refractivity contribution in [2.24, 2.45) is 11.1 Å². The summed E-state index contributed by atoms with van der Waals surface area (Å²) in [6.07, 6.45) is 6.69. The normalized spacial score (nSPS) is 32.7. The van der Waals surface area contributed by atoms with Crippen LogP contribution in [0.15, 0.2) is 0 Å². The van der Waals surface area contributed by atoms with Crippen LogP contribution >= 0.6 is 0 Å². The number of ether oxygens (including phenoxy) is 1. The molecule has 23 heavy (non-hydrogen) atoms. The Balaban J connectivity index is 1.84. The fourth-order valence-corrected chi connectivity index (χ4v) is 3.75. The van der Waals surface area contributed by atoms with Gasteiger partial charge < -0.3 is 20.7 Å². The first-order valence-corrected chi connectivity index (χ1v) is 9.14. The third-order valence-electron chi connectivity index (χ3n) is 4.96. The van der Waals surface area contributed by atoms with Gasteiger partial charge in [-0.05, 0) is 58.3 Å². The van der Waals surface area contributed by atoms with Crippen molar-refractivity contribution in [1.29, 1.82) is 0 Å². The number of nitrogens with one attached hydrogen (secondary N) is 1. The number of piperidine rings is 1. The van der Waals surface area contributed by atoms with Gasteiger partial charge in [0, 0.05) is 31.7 Å². The van der Waals surface area contributed by atoms with E-state index in [1.165, 1.54) is 12.8 Å². The number of nitrogens with two attached hydrogens (primary N) is 1. The van der Waals surface area contributed by atoms with Gasteiger partial charge in [0.1, 0.15) is 5.60 Å². The standard InChI is InChI=1S/C18H35N3O2/c1-17(2,3)23-16(22)21-10-6-9-18(4,13-21)12-20-15-8-5-7-14(19)11-15/h14-15,20H,5-13,19H2,1-4H3. The molecule has 1 aliphatic carbocycles. The molecule has 2 aliphatic rings. The van der Waals surface area contributed by atoms with Crippen LogP contribution in [0.3, 0.4) is 0 Å². The maximum absolute atomic E-state index is 12.3. The lowest BCUT2D eigenvalue weighted by Gasteiger charge is -2.42. The molecule has 2 fully saturated rings. The van der Waals surface area contributed by atoms with Gasteiger partial charge in [0.05, 0.1) is 0 Å². The quantitative estimate of drug-likeness (QED) is 0.837. The lowest BCUT2D eigenvalue weighted by molar-refractivity contribution is 0.00631. The van der Waals surface area contributed by atoms with E-state index in [4.69, 9.17) is 10.5 Å². The lowest BCUT2D eigenvalue weighted by Crippen LogP contribution is -2.52. The Kier molecular flexibility index (Phi) is 5.95. The summed E-state index contributed by atoms with van der Waals surface area (Å²) in [5.74, 6) is 0. The maximum Gasteiger partial charge on any atom is 0.410 e. The Labute approximate surface area is 141 Å². The average Bonchev–Trinajstić information content (AvgIpc) is 2.44. The zero-order valence-electron chi connectivity index (χ0n) is 15.4. The van der Waals surface area contributed by atoms with Gasteiger partial charge in [-0.1, -0.05) is 13.3 Å². The van der Waals surface area contributed by atoms with Crippen LogP contribution in [-0.2, 0) is 4.74 Å². The van der Waals surface area contributed by atoms with E-state index in [-0.39, 0.29) is 11.5 Å². The number of nitrogens with zero attached hydrogens (tertiary/aromatic N) is 1. The van der Waals surface area contributed by atoms with Crippen molar-refractivity contribution in [2.45, 2.75) is 83.9 Å². The first-order chi connectivity index (χ1) is 10.7. The van der Waals surface area contributed by atoms with E-state index in [9.17, 15) is 4.79 Å². The van der Waals surface area contributed by atoms with Gasteiger partial charge in [0.15, 0.2) is 0 Å². The van der Waals surface area contributed by atoms with Crippen LogP contribution in [0.2, 0.25) is 0 Å². The number of hydrogen-bond donors (Lipinski definition) is 2. The number of carbonyl (C=O) groups is 1. The van der Waals surface area contributed by atoms with Crippen molar-refractivity contribution in [3.63, 3.8) is 0 Å². The second kappa shape index (κ2) is 7.39. The summed E-state index contributed by atoms with van der Waals surface area (Å²) in [7, 11) is 0. The highest BCUT2D eigenvalue weighted by atomic mass is 16.6. The van der Waals surface area contributed by atoms with Gasteiger partial charge in [0.25, 0.3) is 0 Å². The second-order valence-corrected chi connectivity index (χ2v) is 8.82. The molecule has 1 heterocycles. The molecule has 0 aromatic heterocycles. The molecule has 1 amide bonds. The van der Waals surface area contributed by atoms with Crippen molar-refractivity contribution in [3.8, 4) is 0 Å². The van der Waals surface area contributed by atoms with Gasteiger partial charge in [-0.2, -0.15) is 0 Å². The predicted molar refractivity (Wildman–Crippen MR) is 93.4 cm³/mol. The van der Waals surface area contributed by atoms with Crippen molar-refractivity contribution < 1.29 is 9.53 Å². The summed E-state index contributed by atoms with van der Waals surface area (Å²) < 4.78 is 5.53. The van der Waals surface area contributed by atoms with E-state index in [2.05, 4.69) is 12.2 Å². The minimum Gasteiger partial charge on any atom is -0.444 e. The molecule has 2 rings (SSSR count). The minimum absolute atomic E-state index is 0.122. The number of hydrogen-bond acceptors (Lipinski definition) is 4. The first-order valence-electron chi connectivity index (χ1n) is 9.14. The van der Waals surface area contributed by atoms with Crippen molar-refractivity contribution >= 4 is 6.09 Å². The molecule has 5 nitrogen and oxygen atoms in total. The SMILES string of the molecule is CC1(CNC2CCCC(N)C2)CCCN(C(=O)OC(C)(C)C)C1. The van der Waals surface area contributed by atoms with Crippen molar-refractivity contribution in [2.75, 3.05) is 19.6 Å². The van der Waals surface area contributed by atoms with Crippen LogP contribution in [0.25, 0.3) is 0 Å². The van der Waals surface area contributed by atoms with Crippen molar-refractivity contribution in [1.82, 2.24) is 10.2 Å². The number of carbonyl (C=O) groups excluding carboxylic acids is 1. The maximum atomic E-state index is 12.3. The number of rotatable bonds is 3. The van der Waals surface area contributed by atoms with E-state index in [1.807, 2.05) is 25.7 Å². The molecule has 3 atom stereocenters. The van der Waals surface area contributed by atoms with Gasteiger partial charge in [-0.3, -0.25) is 0 Å². The fourth-order valence-electron chi connectivity index (χ4n) is 3.75. The summed E-state index contributed by atoms with van der Waals surface area (Å²) in [5.41, 5.74) is 5.77. The Hall–Kier alpha value is -0.810. The Bertz CT molecular complexity index is 408. The van der Waals surface area contributed by atoms with Crippen molar-refractivity contribution in [3.05, 3.63) is 0 Å². The van der Waals surface area contributed by atoms with Crippen LogP contribution in [0.4, 0.5) is 4.79 Å². The average molecular weight is 325 g/mol. The smallest absolute Gasteiger partial charge is 0.410 e. The van der Waals surface area contributed by atoms with E-state index >= 15 is 0 Å². The lowest BCUT2D eigenvalue weighted by atomic mass is 9.81. The molecular weight excluding hydrogens is 290 g/mol. The molecule has 0 radical (unpaired) electrons. The highest BCUT2D eigenvalue weighted by Gasteiger charge is 2.35. The Morgan fingerprint density at radius 2 is 2.09 bits per heavy atom. The zero-order chi connectivity index (χ0) is 17.1. The Morgan fingerprint density at radius 1 is 1.35 bits per heavy atom. The predicted octanol–water partition coefficient (Wildman–Crippen LogP) is 2.88. The van der Waals surface area contributed by atoms with Crippen LogP contribution < -0.4 is 11.1 Å². The third kappa shape index (κ3) is 5.96.